The molecule has 0 saturated carbocycles. The van der Waals surface area contributed by atoms with Gasteiger partial charge < -0.3 is 11.1 Å². The summed E-state index contributed by atoms with van der Waals surface area (Å²) in [5.41, 5.74) is 5.37. The number of halogens is 1. The summed E-state index contributed by atoms with van der Waals surface area (Å²) in [6, 6.07) is 1.61. The molecule has 15 heavy (non-hydrogen) atoms. The number of rotatable bonds is 3. The van der Waals surface area contributed by atoms with Crippen LogP contribution < -0.4 is 11.1 Å². The first-order valence-corrected chi connectivity index (χ1v) is 5.05. The Labute approximate surface area is 93.8 Å². The summed E-state index contributed by atoms with van der Waals surface area (Å²) in [7, 11) is 0. The Morgan fingerprint density at radius 1 is 1.73 bits per heavy atom. The number of pyridine rings is 1. The lowest BCUT2D eigenvalue weighted by atomic mass is 9.99. The number of anilines is 1. The first-order chi connectivity index (χ1) is 6.97. The van der Waals surface area contributed by atoms with Crippen LogP contribution >= 0.6 is 11.6 Å². The third-order valence-electron chi connectivity index (χ3n) is 2.27. The molecule has 1 unspecified atom stereocenters. The van der Waals surface area contributed by atoms with E-state index >= 15 is 0 Å². The van der Waals surface area contributed by atoms with E-state index < -0.39 is 5.54 Å². The number of aromatic nitrogens is 1. The fourth-order valence-electron chi connectivity index (χ4n) is 0.895. The molecule has 0 spiro atoms. The summed E-state index contributed by atoms with van der Waals surface area (Å²) in [6.45, 7) is 3.52. The molecule has 0 aliphatic carbocycles. The summed E-state index contributed by atoms with van der Waals surface area (Å²) in [4.78, 5) is 15.6. The Morgan fingerprint density at radius 3 is 2.93 bits per heavy atom. The molecular formula is C10H14ClN3O. The van der Waals surface area contributed by atoms with Gasteiger partial charge in [-0.3, -0.25) is 9.78 Å². The third-order valence-corrected chi connectivity index (χ3v) is 2.60. The number of nitrogens with zero attached hydrogens (tertiary/aromatic N) is 1. The molecule has 0 aliphatic heterocycles. The van der Waals surface area contributed by atoms with E-state index in [1.807, 2.05) is 6.92 Å². The Balaban J connectivity index is 2.80. The van der Waals surface area contributed by atoms with Gasteiger partial charge in [-0.25, -0.2) is 0 Å². The normalized spacial score (nSPS) is 14.4. The van der Waals surface area contributed by atoms with Crippen molar-refractivity contribution in [1.29, 1.82) is 0 Å². The number of carbonyl (C=O) groups excluding carboxylic acids is 1. The van der Waals surface area contributed by atoms with Gasteiger partial charge in [0.05, 0.1) is 22.4 Å². The molecule has 3 N–H and O–H groups in total. The predicted molar refractivity (Wildman–Crippen MR) is 60.8 cm³/mol. The Hall–Kier alpha value is -1.13. The van der Waals surface area contributed by atoms with E-state index in [4.69, 9.17) is 17.3 Å². The van der Waals surface area contributed by atoms with Crippen LogP contribution in [0.4, 0.5) is 5.69 Å². The van der Waals surface area contributed by atoms with E-state index in [0.717, 1.165) is 0 Å². The van der Waals surface area contributed by atoms with Gasteiger partial charge in [0.25, 0.3) is 0 Å². The van der Waals surface area contributed by atoms with Crippen LogP contribution in [0.5, 0.6) is 0 Å². The fourth-order valence-corrected chi connectivity index (χ4v) is 1.05. The van der Waals surface area contributed by atoms with Gasteiger partial charge in [0.15, 0.2) is 0 Å². The van der Waals surface area contributed by atoms with Gasteiger partial charge in [-0.1, -0.05) is 18.5 Å². The molecule has 82 valence electrons. The molecule has 1 atom stereocenters. The zero-order valence-corrected chi connectivity index (χ0v) is 9.51. The molecule has 0 saturated heterocycles. The summed E-state index contributed by atoms with van der Waals surface area (Å²) in [5.74, 6) is -0.264. The molecule has 4 nitrogen and oxygen atoms in total. The summed E-state index contributed by atoms with van der Waals surface area (Å²) < 4.78 is 0. The standard InChI is InChI=1S/C10H14ClN3O/c1-3-10(2,12)9(15)14-8-6-13-5-4-7(8)11/h4-6H,3,12H2,1-2H3,(H,14,15). The molecule has 1 amide bonds. The Kier molecular flexibility index (Phi) is 3.66. The number of nitrogens with one attached hydrogen (secondary N) is 1. The molecule has 0 bridgehead atoms. The largest absolute Gasteiger partial charge is 0.322 e. The van der Waals surface area contributed by atoms with Crippen LogP contribution in [0.25, 0.3) is 0 Å². The van der Waals surface area contributed by atoms with Crippen molar-refractivity contribution in [1.82, 2.24) is 4.98 Å². The molecule has 0 radical (unpaired) electrons. The zero-order valence-electron chi connectivity index (χ0n) is 8.75. The van der Waals surface area contributed by atoms with Crippen molar-refractivity contribution < 1.29 is 4.79 Å². The number of carbonyl (C=O) groups is 1. The molecule has 0 fully saturated rings. The highest BCUT2D eigenvalue weighted by molar-refractivity contribution is 6.33. The molecule has 0 aliphatic rings. The lowest BCUT2D eigenvalue weighted by Crippen LogP contribution is -2.47. The highest BCUT2D eigenvalue weighted by atomic mass is 35.5. The molecular weight excluding hydrogens is 214 g/mol. The molecule has 1 aromatic rings. The van der Waals surface area contributed by atoms with E-state index in [1.165, 1.54) is 6.20 Å². The smallest absolute Gasteiger partial charge is 0.244 e. The van der Waals surface area contributed by atoms with Crippen LogP contribution in [-0.2, 0) is 4.79 Å². The van der Waals surface area contributed by atoms with Crippen molar-refractivity contribution in [3.8, 4) is 0 Å². The lowest BCUT2D eigenvalue weighted by Gasteiger charge is -2.21. The van der Waals surface area contributed by atoms with Crippen molar-refractivity contribution in [3.63, 3.8) is 0 Å². The van der Waals surface area contributed by atoms with Crippen LogP contribution in [0.2, 0.25) is 5.02 Å². The van der Waals surface area contributed by atoms with Gasteiger partial charge in [0.1, 0.15) is 0 Å². The topological polar surface area (TPSA) is 68.0 Å². The second kappa shape index (κ2) is 4.59. The summed E-state index contributed by atoms with van der Waals surface area (Å²) in [5, 5.41) is 3.09. The average Bonchev–Trinajstić information content (AvgIpc) is 2.21. The number of hydrogen-bond donors (Lipinski definition) is 2. The summed E-state index contributed by atoms with van der Waals surface area (Å²) in [6.07, 6.45) is 3.60. The Bertz CT molecular complexity index is 365. The van der Waals surface area contributed by atoms with Crippen molar-refractivity contribution in [3.05, 3.63) is 23.5 Å². The number of hydrogen-bond acceptors (Lipinski definition) is 3. The quantitative estimate of drug-likeness (QED) is 0.828. The van der Waals surface area contributed by atoms with Crippen LogP contribution in [0.1, 0.15) is 20.3 Å². The van der Waals surface area contributed by atoms with Gasteiger partial charge in [0.2, 0.25) is 5.91 Å². The van der Waals surface area contributed by atoms with Gasteiger partial charge >= 0.3 is 0 Å². The average molecular weight is 228 g/mol. The van der Waals surface area contributed by atoms with Crippen molar-refractivity contribution in [2.75, 3.05) is 5.32 Å². The molecule has 1 aromatic heterocycles. The van der Waals surface area contributed by atoms with Crippen molar-refractivity contribution >= 4 is 23.2 Å². The van der Waals surface area contributed by atoms with Crippen molar-refractivity contribution in [2.24, 2.45) is 5.73 Å². The van der Waals surface area contributed by atoms with Crippen LogP contribution in [0.15, 0.2) is 18.5 Å². The first kappa shape index (κ1) is 11.9. The monoisotopic (exact) mass is 227 g/mol. The number of amides is 1. The van der Waals surface area contributed by atoms with E-state index in [-0.39, 0.29) is 5.91 Å². The minimum Gasteiger partial charge on any atom is -0.322 e. The van der Waals surface area contributed by atoms with Crippen LogP contribution in [0, 0.1) is 0 Å². The molecule has 0 aromatic carbocycles. The minimum atomic E-state index is -0.890. The van der Waals surface area contributed by atoms with Gasteiger partial charge in [-0.05, 0) is 19.4 Å². The van der Waals surface area contributed by atoms with E-state index in [0.29, 0.717) is 17.1 Å². The first-order valence-electron chi connectivity index (χ1n) is 4.67. The number of nitrogens with two attached hydrogens (primary N) is 1. The third kappa shape index (κ3) is 2.91. The zero-order chi connectivity index (χ0) is 11.5. The second-order valence-corrected chi connectivity index (χ2v) is 3.99. The van der Waals surface area contributed by atoms with E-state index in [1.54, 1.807) is 19.2 Å². The minimum absolute atomic E-state index is 0.264. The second-order valence-electron chi connectivity index (χ2n) is 3.58. The van der Waals surface area contributed by atoms with E-state index in [2.05, 4.69) is 10.3 Å². The Morgan fingerprint density at radius 2 is 2.40 bits per heavy atom. The SMILES string of the molecule is CCC(C)(N)C(=O)Nc1cnccc1Cl. The predicted octanol–water partition coefficient (Wildman–Crippen LogP) is 1.80. The lowest BCUT2D eigenvalue weighted by molar-refractivity contribution is -0.120. The summed E-state index contributed by atoms with van der Waals surface area (Å²) >= 11 is 5.87. The van der Waals surface area contributed by atoms with Crippen molar-refractivity contribution in [2.45, 2.75) is 25.8 Å². The maximum absolute atomic E-state index is 11.7. The van der Waals surface area contributed by atoms with E-state index in [9.17, 15) is 4.79 Å². The fraction of sp³-hybridized carbons (Fsp3) is 0.400. The highest BCUT2D eigenvalue weighted by Crippen LogP contribution is 2.20. The molecule has 1 heterocycles. The maximum atomic E-state index is 11.7. The maximum Gasteiger partial charge on any atom is 0.244 e. The van der Waals surface area contributed by atoms with Gasteiger partial charge in [-0.2, -0.15) is 0 Å². The highest BCUT2D eigenvalue weighted by Gasteiger charge is 2.26. The van der Waals surface area contributed by atoms with Gasteiger partial charge in [-0.15, -0.1) is 0 Å². The molecule has 1 rings (SSSR count). The van der Waals surface area contributed by atoms with Gasteiger partial charge in [0, 0.05) is 6.20 Å². The molecule has 5 heteroatoms. The van der Waals surface area contributed by atoms with Crippen LogP contribution in [0.3, 0.4) is 0 Å². The van der Waals surface area contributed by atoms with Crippen LogP contribution in [-0.4, -0.2) is 16.4 Å².